The molecule has 0 aromatic heterocycles. The van der Waals surface area contributed by atoms with E-state index in [1.807, 2.05) is 30.3 Å². The zero-order valence-electron chi connectivity index (χ0n) is 8.69. The Bertz CT molecular complexity index is 562. The predicted molar refractivity (Wildman–Crippen MR) is 61.1 cm³/mol. The van der Waals surface area contributed by atoms with E-state index in [-0.39, 0.29) is 11.6 Å². The summed E-state index contributed by atoms with van der Waals surface area (Å²) in [6.45, 7) is 0. The Balaban J connectivity index is 2.22. The molecule has 0 fully saturated rings. The highest BCUT2D eigenvalue weighted by molar-refractivity contribution is 6.18. The second kappa shape index (κ2) is 3.27. The molecule has 0 N–H and O–H groups in total. The molecule has 0 radical (unpaired) electrons. The van der Waals surface area contributed by atoms with E-state index in [1.54, 1.807) is 6.08 Å². The molecule has 1 aromatic carbocycles. The van der Waals surface area contributed by atoms with E-state index in [2.05, 4.69) is 0 Å². The Kier molecular flexibility index (Phi) is 1.90. The molecule has 3 rings (SSSR count). The van der Waals surface area contributed by atoms with Gasteiger partial charge in [0.05, 0.1) is 0 Å². The largest absolute Gasteiger partial charge is 0.299 e. The molecule has 0 aliphatic heterocycles. The van der Waals surface area contributed by atoms with E-state index < -0.39 is 0 Å². The van der Waals surface area contributed by atoms with Gasteiger partial charge in [0.2, 0.25) is 0 Å². The summed E-state index contributed by atoms with van der Waals surface area (Å²) in [4.78, 5) is 23.5. The van der Waals surface area contributed by atoms with Crippen LogP contribution < -0.4 is 0 Å². The van der Waals surface area contributed by atoms with Gasteiger partial charge in [0.1, 0.15) is 5.78 Å². The van der Waals surface area contributed by atoms with Gasteiger partial charge in [-0.15, -0.1) is 0 Å². The first-order valence-corrected chi connectivity index (χ1v) is 5.32. The van der Waals surface area contributed by atoms with E-state index >= 15 is 0 Å². The molecule has 0 unspecified atom stereocenters. The number of hydrogen-bond acceptors (Lipinski definition) is 2. The zero-order valence-corrected chi connectivity index (χ0v) is 8.69. The van der Waals surface area contributed by atoms with Crippen LogP contribution in [0.4, 0.5) is 0 Å². The number of carbonyl (C=O) groups is 2. The molecule has 0 bridgehead atoms. The van der Waals surface area contributed by atoms with Crippen LogP contribution in [0.1, 0.15) is 28.8 Å². The van der Waals surface area contributed by atoms with Crippen molar-refractivity contribution in [1.29, 1.82) is 0 Å². The molecule has 2 aliphatic rings. The van der Waals surface area contributed by atoms with E-state index in [0.29, 0.717) is 12.8 Å². The molecule has 0 amide bonds. The summed E-state index contributed by atoms with van der Waals surface area (Å²) >= 11 is 0. The number of ketones is 2. The Hall–Kier alpha value is -1.96. The summed E-state index contributed by atoms with van der Waals surface area (Å²) in [6.07, 6.45) is 4.50. The lowest BCUT2D eigenvalue weighted by Gasteiger charge is -2.21. The first-order chi connectivity index (χ1) is 7.75. The monoisotopic (exact) mass is 210 g/mol. The highest BCUT2D eigenvalue weighted by atomic mass is 16.1. The average molecular weight is 210 g/mol. The van der Waals surface area contributed by atoms with E-state index in [1.165, 1.54) is 0 Å². The van der Waals surface area contributed by atoms with Crippen molar-refractivity contribution in [1.82, 2.24) is 0 Å². The topological polar surface area (TPSA) is 34.1 Å². The van der Waals surface area contributed by atoms with Crippen molar-refractivity contribution >= 4 is 17.6 Å². The number of benzene rings is 1. The molecule has 78 valence electrons. The van der Waals surface area contributed by atoms with Crippen LogP contribution >= 0.6 is 0 Å². The van der Waals surface area contributed by atoms with Crippen molar-refractivity contribution in [2.75, 3.05) is 0 Å². The van der Waals surface area contributed by atoms with Gasteiger partial charge < -0.3 is 0 Å². The number of hydrogen-bond donors (Lipinski definition) is 0. The Morgan fingerprint density at radius 3 is 2.75 bits per heavy atom. The standard InChI is InChI=1S/C14H10O2/c15-11-5-6-13-10(8-11)7-9-3-1-2-4-12(9)14(13)16/h1-4,6-7H,5,8H2. The fourth-order valence-electron chi connectivity index (χ4n) is 2.26. The van der Waals surface area contributed by atoms with Crippen molar-refractivity contribution < 1.29 is 9.59 Å². The zero-order chi connectivity index (χ0) is 11.1. The molecule has 0 heterocycles. The molecule has 2 heteroatoms. The minimum atomic E-state index is 0.0561. The van der Waals surface area contributed by atoms with Crippen LogP contribution in [0.3, 0.4) is 0 Å². The van der Waals surface area contributed by atoms with Crippen LogP contribution in [0.15, 0.2) is 41.5 Å². The van der Waals surface area contributed by atoms with Crippen LogP contribution in [-0.2, 0) is 4.79 Å². The molecule has 0 spiro atoms. The Labute approximate surface area is 93.3 Å². The van der Waals surface area contributed by atoms with Crippen molar-refractivity contribution in [3.8, 4) is 0 Å². The Morgan fingerprint density at radius 2 is 1.88 bits per heavy atom. The average Bonchev–Trinajstić information content (AvgIpc) is 2.29. The molecular formula is C14H10O2. The first-order valence-electron chi connectivity index (χ1n) is 5.32. The smallest absolute Gasteiger partial charge is 0.193 e. The second-order valence-corrected chi connectivity index (χ2v) is 4.12. The molecule has 1 aromatic rings. The first kappa shape index (κ1) is 9.28. The van der Waals surface area contributed by atoms with Gasteiger partial charge in [0.15, 0.2) is 5.78 Å². The number of allylic oxidation sites excluding steroid dienone is 3. The third kappa shape index (κ3) is 1.27. The van der Waals surface area contributed by atoms with E-state index in [4.69, 9.17) is 0 Å². The van der Waals surface area contributed by atoms with Crippen LogP contribution in [0, 0.1) is 0 Å². The van der Waals surface area contributed by atoms with Gasteiger partial charge in [0.25, 0.3) is 0 Å². The highest BCUT2D eigenvalue weighted by Crippen LogP contribution is 2.32. The second-order valence-electron chi connectivity index (χ2n) is 4.12. The van der Waals surface area contributed by atoms with Gasteiger partial charge in [-0.3, -0.25) is 9.59 Å². The highest BCUT2D eigenvalue weighted by Gasteiger charge is 2.27. The summed E-state index contributed by atoms with van der Waals surface area (Å²) in [7, 11) is 0. The van der Waals surface area contributed by atoms with E-state index in [0.717, 1.165) is 22.3 Å². The van der Waals surface area contributed by atoms with Gasteiger partial charge in [-0.05, 0) is 17.2 Å². The maximum absolute atomic E-state index is 12.1. The third-order valence-corrected chi connectivity index (χ3v) is 3.05. The summed E-state index contributed by atoms with van der Waals surface area (Å²) in [5, 5.41) is 0. The lowest BCUT2D eigenvalue weighted by Crippen LogP contribution is -2.18. The predicted octanol–water partition coefficient (Wildman–Crippen LogP) is 2.56. The number of rotatable bonds is 0. The van der Waals surface area contributed by atoms with Gasteiger partial charge in [-0.25, -0.2) is 0 Å². The lowest BCUT2D eigenvalue weighted by molar-refractivity contribution is -0.117. The van der Waals surface area contributed by atoms with E-state index in [9.17, 15) is 9.59 Å². The molecule has 16 heavy (non-hydrogen) atoms. The number of fused-ring (bicyclic) bond motifs is 2. The van der Waals surface area contributed by atoms with Crippen molar-refractivity contribution in [2.24, 2.45) is 0 Å². The van der Waals surface area contributed by atoms with Gasteiger partial charge >= 0.3 is 0 Å². The van der Waals surface area contributed by atoms with Crippen molar-refractivity contribution in [2.45, 2.75) is 12.8 Å². The third-order valence-electron chi connectivity index (χ3n) is 3.05. The summed E-state index contributed by atoms with van der Waals surface area (Å²) in [5.74, 6) is 0.239. The van der Waals surface area contributed by atoms with Crippen molar-refractivity contribution in [3.63, 3.8) is 0 Å². The number of Topliss-reactive ketones (excluding diaryl/α,β-unsaturated/α-hetero) is 2. The SMILES string of the molecule is O=C1CC=C2C(=O)c3ccccc3C=C2C1. The van der Waals surface area contributed by atoms with Gasteiger partial charge in [-0.2, -0.15) is 0 Å². The van der Waals surface area contributed by atoms with Crippen LogP contribution in [-0.4, -0.2) is 11.6 Å². The van der Waals surface area contributed by atoms with Crippen LogP contribution in [0.25, 0.3) is 6.08 Å². The summed E-state index contributed by atoms with van der Waals surface area (Å²) in [6, 6.07) is 7.52. The fourth-order valence-corrected chi connectivity index (χ4v) is 2.26. The summed E-state index contributed by atoms with van der Waals surface area (Å²) in [5.41, 5.74) is 3.26. The van der Waals surface area contributed by atoms with Crippen molar-refractivity contribution in [3.05, 3.63) is 52.6 Å². The number of carbonyl (C=O) groups excluding carboxylic acids is 2. The lowest BCUT2D eigenvalue weighted by atomic mass is 9.81. The van der Waals surface area contributed by atoms with Gasteiger partial charge in [-0.1, -0.05) is 30.3 Å². The minimum absolute atomic E-state index is 0.0561. The maximum atomic E-state index is 12.1. The molecule has 0 atom stereocenters. The fraction of sp³-hybridized carbons (Fsp3) is 0.143. The molecule has 2 nitrogen and oxygen atoms in total. The normalized spacial score (nSPS) is 18.5. The summed E-state index contributed by atoms with van der Waals surface area (Å²) < 4.78 is 0. The van der Waals surface area contributed by atoms with Crippen LogP contribution in [0.2, 0.25) is 0 Å². The maximum Gasteiger partial charge on any atom is 0.193 e. The van der Waals surface area contributed by atoms with Gasteiger partial charge in [0, 0.05) is 24.0 Å². The molecular weight excluding hydrogens is 200 g/mol. The minimum Gasteiger partial charge on any atom is -0.299 e. The Morgan fingerprint density at radius 1 is 1.06 bits per heavy atom. The van der Waals surface area contributed by atoms with Crippen LogP contribution in [0.5, 0.6) is 0 Å². The molecule has 0 saturated carbocycles. The quantitative estimate of drug-likeness (QED) is 0.659. The molecule has 0 saturated heterocycles. The molecule has 2 aliphatic carbocycles.